The average molecular weight is 267 g/mol. The van der Waals surface area contributed by atoms with Crippen molar-refractivity contribution in [1.29, 1.82) is 0 Å². The third kappa shape index (κ3) is 3.53. The molecule has 0 atom stereocenters. The topological polar surface area (TPSA) is 56.8 Å². The molecule has 1 rings (SSSR count). The van der Waals surface area contributed by atoms with E-state index in [1.165, 1.54) is 14.2 Å². The molecular formula is C14H21NO4. The van der Waals surface area contributed by atoms with Gasteiger partial charge in [-0.3, -0.25) is 4.79 Å². The Morgan fingerprint density at radius 2 is 1.47 bits per heavy atom. The number of carbonyl (C=O) groups excluding carboxylic acids is 1. The third-order valence-electron chi connectivity index (χ3n) is 2.63. The van der Waals surface area contributed by atoms with Gasteiger partial charge in [-0.2, -0.15) is 0 Å². The molecule has 0 aromatic heterocycles. The van der Waals surface area contributed by atoms with Crippen LogP contribution in [0.4, 0.5) is 5.69 Å². The summed E-state index contributed by atoms with van der Waals surface area (Å²) in [7, 11) is 4.61. The van der Waals surface area contributed by atoms with Gasteiger partial charge in [0.2, 0.25) is 5.91 Å². The second kappa shape index (κ2) is 5.82. The van der Waals surface area contributed by atoms with Gasteiger partial charge in [-0.25, -0.2) is 0 Å². The summed E-state index contributed by atoms with van der Waals surface area (Å²) in [5.74, 6) is 1.47. The van der Waals surface area contributed by atoms with E-state index in [-0.39, 0.29) is 5.91 Å². The first-order valence-corrected chi connectivity index (χ1v) is 5.95. The number of ether oxygens (including phenoxy) is 3. The lowest BCUT2D eigenvalue weighted by molar-refractivity contribution is -0.123. The number of rotatable bonds is 4. The van der Waals surface area contributed by atoms with Crippen LogP contribution >= 0.6 is 0 Å². The number of hydrogen-bond acceptors (Lipinski definition) is 4. The van der Waals surface area contributed by atoms with Crippen molar-refractivity contribution < 1.29 is 19.0 Å². The molecule has 19 heavy (non-hydrogen) atoms. The first-order chi connectivity index (χ1) is 8.83. The van der Waals surface area contributed by atoms with Crippen molar-refractivity contribution in [2.45, 2.75) is 20.8 Å². The van der Waals surface area contributed by atoms with Crippen LogP contribution in [0.3, 0.4) is 0 Å². The lowest BCUT2D eigenvalue weighted by atomic mass is 9.95. The van der Waals surface area contributed by atoms with E-state index in [9.17, 15) is 4.79 Å². The molecule has 1 aromatic rings. The second-order valence-corrected chi connectivity index (χ2v) is 5.11. The van der Waals surface area contributed by atoms with Gasteiger partial charge in [0.25, 0.3) is 0 Å². The number of anilines is 1. The highest BCUT2D eigenvalue weighted by atomic mass is 16.5. The maximum absolute atomic E-state index is 12.1. The van der Waals surface area contributed by atoms with Crippen LogP contribution in [-0.2, 0) is 4.79 Å². The molecule has 0 unspecified atom stereocenters. The van der Waals surface area contributed by atoms with Crippen molar-refractivity contribution in [3.63, 3.8) is 0 Å². The number of benzene rings is 1. The Kier molecular flexibility index (Phi) is 4.64. The van der Waals surface area contributed by atoms with E-state index in [4.69, 9.17) is 14.2 Å². The van der Waals surface area contributed by atoms with Crippen LogP contribution in [-0.4, -0.2) is 27.2 Å². The van der Waals surface area contributed by atoms with Crippen LogP contribution in [0.5, 0.6) is 17.2 Å². The van der Waals surface area contributed by atoms with Crippen LogP contribution < -0.4 is 19.5 Å². The van der Waals surface area contributed by atoms with E-state index in [0.29, 0.717) is 22.9 Å². The summed E-state index contributed by atoms with van der Waals surface area (Å²) >= 11 is 0. The third-order valence-corrected chi connectivity index (χ3v) is 2.63. The molecule has 0 heterocycles. The summed E-state index contributed by atoms with van der Waals surface area (Å²) < 4.78 is 15.7. The molecule has 0 aliphatic rings. The molecule has 1 aromatic carbocycles. The van der Waals surface area contributed by atoms with Gasteiger partial charge in [0.05, 0.1) is 21.3 Å². The molecule has 0 fully saturated rings. The fraction of sp³-hybridized carbons (Fsp3) is 0.500. The maximum Gasteiger partial charge on any atom is 0.229 e. The van der Waals surface area contributed by atoms with Gasteiger partial charge in [-0.05, 0) is 0 Å². The SMILES string of the molecule is COc1cc(OC)c(NC(=O)C(C)(C)C)c(OC)c1. The van der Waals surface area contributed by atoms with Gasteiger partial charge in [0.1, 0.15) is 22.9 Å². The summed E-state index contributed by atoms with van der Waals surface area (Å²) in [5.41, 5.74) is 0.00128. The molecule has 0 saturated carbocycles. The van der Waals surface area contributed by atoms with Crippen molar-refractivity contribution in [2.24, 2.45) is 5.41 Å². The fourth-order valence-corrected chi connectivity index (χ4v) is 1.43. The Morgan fingerprint density at radius 1 is 1.00 bits per heavy atom. The number of hydrogen-bond donors (Lipinski definition) is 1. The first kappa shape index (κ1) is 15.1. The number of methoxy groups -OCH3 is 3. The van der Waals surface area contributed by atoms with Crippen molar-refractivity contribution in [2.75, 3.05) is 26.6 Å². The molecule has 0 aliphatic carbocycles. The highest BCUT2D eigenvalue weighted by molar-refractivity contribution is 5.97. The quantitative estimate of drug-likeness (QED) is 0.911. The minimum absolute atomic E-state index is 0.116. The minimum atomic E-state index is -0.504. The zero-order chi connectivity index (χ0) is 14.6. The Bertz CT molecular complexity index is 438. The Hall–Kier alpha value is -1.91. The van der Waals surface area contributed by atoms with E-state index in [2.05, 4.69) is 5.32 Å². The predicted octanol–water partition coefficient (Wildman–Crippen LogP) is 2.70. The molecule has 5 nitrogen and oxygen atoms in total. The number of nitrogens with one attached hydrogen (secondary N) is 1. The van der Waals surface area contributed by atoms with Crippen LogP contribution in [0.2, 0.25) is 0 Å². The standard InChI is InChI=1S/C14H21NO4/c1-14(2,3)13(16)15-12-10(18-5)7-9(17-4)8-11(12)19-6/h7-8H,1-6H3,(H,15,16). The molecule has 0 saturated heterocycles. The van der Waals surface area contributed by atoms with E-state index < -0.39 is 5.41 Å². The summed E-state index contributed by atoms with van der Waals surface area (Å²) in [6, 6.07) is 3.39. The minimum Gasteiger partial charge on any atom is -0.496 e. The Morgan fingerprint density at radius 3 is 1.79 bits per heavy atom. The van der Waals surface area contributed by atoms with Gasteiger partial charge in [0, 0.05) is 17.5 Å². The molecule has 0 aliphatic heterocycles. The molecule has 1 N–H and O–H groups in total. The lowest BCUT2D eigenvalue weighted by Gasteiger charge is -2.21. The zero-order valence-electron chi connectivity index (χ0n) is 12.3. The Labute approximate surface area is 113 Å². The molecule has 106 valence electrons. The summed E-state index contributed by atoms with van der Waals surface area (Å²) in [4.78, 5) is 12.1. The molecule has 0 spiro atoms. The normalized spacial score (nSPS) is 10.8. The van der Waals surface area contributed by atoms with Gasteiger partial charge in [-0.1, -0.05) is 20.8 Å². The molecule has 0 radical (unpaired) electrons. The molecule has 5 heteroatoms. The summed E-state index contributed by atoms with van der Waals surface area (Å²) in [6.07, 6.45) is 0. The van der Waals surface area contributed by atoms with Crippen molar-refractivity contribution in [1.82, 2.24) is 0 Å². The predicted molar refractivity (Wildman–Crippen MR) is 74.2 cm³/mol. The van der Waals surface area contributed by atoms with Crippen LogP contribution in [0, 0.1) is 5.41 Å². The van der Waals surface area contributed by atoms with Gasteiger partial charge in [-0.15, -0.1) is 0 Å². The van der Waals surface area contributed by atoms with Crippen molar-refractivity contribution in [3.05, 3.63) is 12.1 Å². The summed E-state index contributed by atoms with van der Waals surface area (Å²) in [5, 5.41) is 2.83. The summed E-state index contributed by atoms with van der Waals surface area (Å²) in [6.45, 7) is 5.51. The number of carbonyl (C=O) groups is 1. The monoisotopic (exact) mass is 267 g/mol. The van der Waals surface area contributed by atoms with E-state index in [1.807, 2.05) is 20.8 Å². The zero-order valence-corrected chi connectivity index (χ0v) is 12.3. The molecular weight excluding hydrogens is 246 g/mol. The lowest BCUT2D eigenvalue weighted by Crippen LogP contribution is -2.28. The van der Waals surface area contributed by atoms with Crippen LogP contribution in [0.25, 0.3) is 0 Å². The first-order valence-electron chi connectivity index (χ1n) is 5.95. The van der Waals surface area contributed by atoms with E-state index in [0.717, 1.165) is 0 Å². The highest BCUT2D eigenvalue weighted by Gasteiger charge is 2.24. The highest BCUT2D eigenvalue weighted by Crippen LogP contribution is 2.39. The van der Waals surface area contributed by atoms with Gasteiger partial charge >= 0.3 is 0 Å². The van der Waals surface area contributed by atoms with Crippen LogP contribution in [0.15, 0.2) is 12.1 Å². The fourth-order valence-electron chi connectivity index (χ4n) is 1.43. The largest absolute Gasteiger partial charge is 0.496 e. The smallest absolute Gasteiger partial charge is 0.229 e. The van der Waals surface area contributed by atoms with Crippen molar-refractivity contribution in [3.8, 4) is 17.2 Å². The van der Waals surface area contributed by atoms with Gasteiger partial charge in [0.15, 0.2) is 0 Å². The second-order valence-electron chi connectivity index (χ2n) is 5.11. The van der Waals surface area contributed by atoms with E-state index in [1.54, 1.807) is 19.2 Å². The van der Waals surface area contributed by atoms with Crippen LogP contribution in [0.1, 0.15) is 20.8 Å². The molecule has 1 amide bonds. The molecule has 0 bridgehead atoms. The Balaban J connectivity index is 3.21. The van der Waals surface area contributed by atoms with Crippen molar-refractivity contribution >= 4 is 11.6 Å². The van der Waals surface area contributed by atoms with E-state index >= 15 is 0 Å². The maximum atomic E-state index is 12.1. The number of amides is 1. The average Bonchev–Trinajstić information content (AvgIpc) is 2.37. The van der Waals surface area contributed by atoms with Gasteiger partial charge < -0.3 is 19.5 Å².